The molecule has 0 saturated carbocycles. The fraction of sp³-hybridized carbons (Fsp3) is 0.225. The van der Waals surface area contributed by atoms with Gasteiger partial charge in [0, 0.05) is 64.2 Å². The maximum absolute atomic E-state index is 13.1. The highest BCUT2D eigenvalue weighted by Gasteiger charge is 2.28. The number of furan rings is 1. The number of fused-ring (bicyclic) bond motifs is 3. The van der Waals surface area contributed by atoms with Gasteiger partial charge in [-0.05, 0) is 99.8 Å². The second kappa shape index (κ2) is 12.9. The van der Waals surface area contributed by atoms with E-state index in [9.17, 15) is 9.59 Å². The number of piperidine rings is 1. The predicted molar refractivity (Wildman–Crippen MR) is 191 cm³/mol. The molecular weight excluding hydrogens is 600 g/mol. The molecular formula is C40H38N4O4. The Morgan fingerprint density at radius 1 is 0.854 bits per heavy atom. The molecule has 242 valence electrons. The number of aromatic nitrogens is 1. The number of rotatable bonds is 6. The van der Waals surface area contributed by atoms with Crippen LogP contribution in [0.2, 0.25) is 0 Å². The van der Waals surface area contributed by atoms with Gasteiger partial charge in [0.15, 0.2) is 0 Å². The average molecular weight is 639 g/mol. The van der Waals surface area contributed by atoms with Crippen LogP contribution < -0.4 is 10.6 Å². The summed E-state index contributed by atoms with van der Waals surface area (Å²) in [5.74, 6) is 0.0266. The molecule has 1 saturated heterocycles. The summed E-state index contributed by atoms with van der Waals surface area (Å²) in [5.41, 5.74) is 7.04. The molecule has 0 spiro atoms. The van der Waals surface area contributed by atoms with Crippen LogP contribution in [0.3, 0.4) is 0 Å². The minimum atomic E-state index is -0.521. The number of nitrogens with zero attached hydrogens (tertiary/aromatic N) is 2. The van der Waals surface area contributed by atoms with Gasteiger partial charge in [-0.15, -0.1) is 0 Å². The molecule has 0 bridgehead atoms. The Kier molecular flexibility index (Phi) is 8.31. The van der Waals surface area contributed by atoms with E-state index >= 15 is 0 Å². The van der Waals surface area contributed by atoms with Crippen molar-refractivity contribution in [2.75, 3.05) is 23.7 Å². The van der Waals surface area contributed by atoms with Crippen molar-refractivity contribution in [2.45, 2.75) is 45.1 Å². The van der Waals surface area contributed by atoms with Crippen molar-refractivity contribution in [3.05, 3.63) is 120 Å². The number of benzene rings is 4. The molecule has 8 heteroatoms. The second-order valence-electron chi connectivity index (χ2n) is 13.3. The quantitative estimate of drug-likeness (QED) is 0.189. The number of hydrogen-bond acceptors (Lipinski definition) is 6. The highest BCUT2D eigenvalue weighted by atomic mass is 16.6. The molecule has 0 aliphatic carbocycles. The first kappa shape index (κ1) is 31.0. The third-order valence-corrected chi connectivity index (χ3v) is 8.59. The van der Waals surface area contributed by atoms with Gasteiger partial charge < -0.3 is 24.7 Å². The number of carbonyl (C=O) groups excluding carboxylic acids is 2. The summed E-state index contributed by atoms with van der Waals surface area (Å²) in [4.78, 5) is 32.1. The summed E-state index contributed by atoms with van der Waals surface area (Å²) >= 11 is 0. The Labute approximate surface area is 279 Å². The molecule has 1 unspecified atom stereocenters. The first-order chi connectivity index (χ1) is 23.2. The maximum Gasteiger partial charge on any atom is 0.410 e. The number of hydrogen-bond donors (Lipinski definition) is 2. The molecule has 0 radical (unpaired) electrons. The average Bonchev–Trinajstić information content (AvgIpc) is 3.48. The number of anilines is 3. The summed E-state index contributed by atoms with van der Waals surface area (Å²) in [6, 6.07) is 33.4. The molecule has 4 aromatic carbocycles. The van der Waals surface area contributed by atoms with Crippen molar-refractivity contribution in [3.63, 3.8) is 0 Å². The van der Waals surface area contributed by atoms with Gasteiger partial charge in [-0.1, -0.05) is 42.5 Å². The van der Waals surface area contributed by atoms with Crippen LogP contribution >= 0.6 is 0 Å². The Hall–Kier alpha value is -5.63. The smallest absolute Gasteiger partial charge is 0.410 e. The van der Waals surface area contributed by atoms with Crippen molar-refractivity contribution in [3.8, 4) is 11.3 Å². The van der Waals surface area contributed by atoms with Crippen LogP contribution in [-0.2, 0) is 4.74 Å². The number of para-hydroxylation sites is 2. The molecule has 2 N–H and O–H groups in total. The monoisotopic (exact) mass is 638 g/mol. The van der Waals surface area contributed by atoms with Crippen LogP contribution in [0.5, 0.6) is 0 Å². The number of carbonyl (C=O) groups is 2. The molecule has 3 heterocycles. The van der Waals surface area contributed by atoms with Crippen LogP contribution in [0.25, 0.3) is 33.2 Å². The Morgan fingerprint density at radius 2 is 1.60 bits per heavy atom. The number of nitrogens with one attached hydrogen (secondary N) is 2. The molecule has 2 amide bonds. The van der Waals surface area contributed by atoms with Crippen LogP contribution in [0.15, 0.2) is 114 Å². The minimum Gasteiger partial charge on any atom is -0.455 e. The van der Waals surface area contributed by atoms with Crippen molar-refractivity contribution < 1.29 is 18.7 Å². The van der Waals surface area contributed by atoms with Gasteiger partial charge >= 0.3 is 6.09 Å². The van der Waals surface area contributed by atoms with E-state index in [2.05, 4.69) is 27.8 Å². The molecule has 7 rings (SSSR count). The van der Waals surface area contributed by atoms with Gasteiger partial charge in [0.05, 0.1) is 5.69 Å². The van der Waals surface area contributed by atoms with Crippen LogP contribution in [0.4, 0.5) is 21.9 Å². The molecule has 1 aliphatic rings. The normalized spacial score (nSPS) is 15.0. The van der Waals surface area contributed by atoms with E-state index < -0.39 is 5.60 Å². The second-order valence-corrected chi connectivity index (χ2v) is 13.3. The highest BCUT2D eigenvalue weighted by molar-refractivity contribution is 6.09. The zero-order valence-electron chi connectivity index (χ0n) is 27.3. The molecule has 6 aromatic rings. The van der Waals surface area contributed by atoms with Crippen LogP contribution in [-0.4, -0.2) is 40.6 Å². The fourth-order valence-corrected chi connectivity index (χ4v) is 6.26. The lowest BCUT2D eigenvalue weighted by Crippen LogP contribution is -2.42. The van der Waals surface area contributed by atoms with Crippen LogP contribution in [0, 0.1) is 0 Å². The lowest BCUT2D eigenvalue weighted by Gasteiger charge is -2.34. The third kappa shape index (κ3) is 6.74. The van der Waals surface area contributed by atoms with E-state index in [1.165, 1.54) is 0 Å². The summed E-state index contributed by atoms with van der Waals surface area (Å²) in [6.07, 6.45) is 3.42. The molecule has 1 aliphatic heterocycles. The van der Waals surface area contributed by atoms with E-state index in [1.807, 2.05) is 112 Å². The van der Waals surface area contributed by atoms with Gasteiger partial charge in [0.1, 0.15) is 16.8 Å². The van der Waals surface area contributed by atoms with Crippen molar-refractivity contribution >= 4 is 51.0 Å². The zero-order valence-corrected chi connectivity index (χ0v) is 27.3. The Bertz CT molecular complexity index is 2100. The fourth-order valence-electron chi connectivity index (χ4n) is 6.26. The standard InChI is InChI=1S/C40H38N4O4/c1-40(2,3)48-39(46)44-23-7-8-28(25-44)26-13-15-27(16-14-26)38(45)43-30-19-17-29(18-20-30)42-31-21-22-41-35(24-31)34-11-6-10-33-32-9-4-5-12-36(32)47-37(33)34/h4-6,9-22,24,28H,7-8,23,25H2,1-3H3,(H,41,42)(H,43,45). The van der Waals surface area contributed by atoms with Gasteiger partial charge in [0.2, 0.25) is 0 Å². The first-order valence-electron chi connectivity index (χ1n) is 16.3. The number of pyridine rings is 1. The summed E-state index contributed by atoms with van der Waals surface area (Å²) in [6.45, 7) is 6.95. The molecule has 2 aromatic heterocycles. The predicted octanol–water partition coefficient (Wildman–Crippen LogP) is 9.76. The van der Waals surface area contributed by atoms with E-state index in [-0.39, 0.29) is 17.9 Å². The Balaban J connectivity index is 0.982. The number of likely N-dealkylation sites (tertiary alicyclic amines) is 1. The first-order valence-corrected chi connectivity index (χ1v) is 16.3. The Morgan fingerprint density at radius 3 is 2.40 bits per heavy atom. The van der Waals surface area contributed by atoms with E-state index in [1.54, 1.807) is 11.1 Å². The molecule has 48 heavy (non-hydrogen) atoms. The number of amides is 2. The lowest BCUT2D eigenvalue weighted by molar-refractivity contribution is 0.0198. The third-order valence-electron chi connectivity index (χ3n) is 8.59. The topological polar surface area (TPSA) is 96.7 Å². The lowest BCUT2D eigenvalue weighted by atomic mass is 9.90. The minimum absolute atomic E-state index is 0.181. The summed E-state index contributed by atoms with van der Waals surface area (Å²) in [7, 11) is 0. The molecule has 8 nitrogen and oxygen atoms in total. The van der Waals surface area contributed by atoms with E-state index in [0.29, 0.717) is 24.3 Å². The summed E-state index contributed by atoms with van der Waals surface area (Å²) < 4.78 is 11.8. The number of ether oxygens (including phenoxy) is 1. The van der Waals surface area contributed by atoms with E-state index in [4.69, 9.17) is 9.15 Å². The van der Waals surface area contributed by atoms with Crippen molar-refractivity contribution in [1.82, 2.24) is 9.88 Å². The largest absolute Gasteiger partial charge is 0.455 e. The van der Waals surface area contributed by atoms with Gasteiger partial charge in [-0.25, -0.2) is 4.79 Å². The summed E-state index contributed by atoms with van der Waals surface area (Å²) in [5, 5.41) is 8.58. The van der Waals surface area contributed by atoms with Crippen molar-refractivity contribution in [2.24, 2.45) is 0 Å². The zero-order chi connectivity index (χ0) is 33.3. The maximum atomic E-state index is 13.1. The van der Waals surface area contributed by atoms with Gasteiger partial charge in [-0.2, -0.15) is 0 Å². The van der Waals surface area contributed by atoms with E-state index in [0.717, 1.165) is 63.0 Å². The highest BCUT2D eigenvalue weighted by Crippen LogP contribution is 2.36. The molecule has 1 fully saturated rings. The van der Waals surface area contributed by atoms with Gasteiger partial charge in [0.25, 0.3) is 5.91 Å². The van der Waals surface area contributed by atoms with Gasteiger partial charge in [-0.3, -0.25) is 9.78 Å². The molecule has 1 atom stereocenters. The van der Waals surface area contributed by atoms with Crippen molar-refractivity contribution in [1.29, 1.82) is 0 Å². The van der Waals surface area contributed by atoms with Crippen LogP contribution in [0.1, 0.15) is 55.5 Å². The SMILES string of the molecule is CC(C)(C)OC(=O)N1CCCC(c2ccc(C(=O)Nc3ccc(Nc4ccnc(-c5cccc6c5oc5ccccc56)c4)cc3)cc2)C1.